The van der Waals surface area contributed by atoms with E-state index in [0.29, 0.717) is 37.5 Å². The smallest absolute Gasteiger partial charge is 0.254 e. The van der Waals surface area contributed by atoms with E-state index < -0.39 is 0 Å². The van der Waals surface area contributed by atoms with Crippen LogP contribution in [0.25, 0.3) is 11.3 Å². The molecule has 1 fully saturated rings. The van der Waals surface area contributed by atoms with Crippen molar-refractivity contribution in [3.8, 4) is 17.0 Å². The number of anilines is 1. The third kappa shape index (κ3) is 6.88. The normalized spacial score (nSPS) is 14.5. The molecule has 200 valence electrons. The summed E-state index contributed by atoms with van der Waals surface area (Å²) in [5.74, 6) is 1.54. The number of aromatic nitrogens is 2. The maximum atomic E-state index is 13.4. The molecular formula is C30H37N5O3. The number of hydrogen-bond donors (Lipinski definition) is 0. The van der Waals surface area contributed by atoms with Crippen molar-refractivity contribution < 1.29 is 14.3 Å². The van der Waals surface area contributed by atoms with Crippen molar-refractivity contribution in [2.45, 2.75) is 26.7 Å². The lowest BCUT2D eigenvalue weighted by molar-refractivity contribution is -0.131. The zero-order valence-electron chi connectivity index (χ0n) is 22.5. The topological polar surface area (TPSA) is 78.9 Å². The molecule has 8 nitrogen and oxygen atoms in total. The Kier molecular flexibility index (Phi) is 9.30. The van der Waals surface area contributed by atoms with Gasteiger partial charge in [-0.25, -0.2) is 0 Å². The third-order valence-corrected chi connectivity index (χ3v) is 7.05. The van der Waals surface area contributed by atoms with Crippen LogP contribution in [0.4, 0.5) is 5.82 Å². The Morgan fingerprint density at radius 2 is 1.79 bits per heavy atom. The predicted molar refractivity (Wildman–Crippen MR) is 149 cm³/mol. The number of amides is 2. The molecule has 1 aliphatic heterocycles. The van der Waals surface area contributed by atoms with Gasteiger partial charge in [0, 0.05) is 43.9 Å². The van der Waals surface area contributed by atoms with Gasteiger partial charge in [0.1, 0.15) is 12.3 Å². The lowest BCUT2D eigenvalue weighted by Gasteiger charge is -2.29. The molecule has 1 aromatic heterocycles. The minimum Gasteiger partial charge on any atom is -0.497 e. The van der Waals surface area contributed by atoms with Gasteiger partial charge >= 0.3 is 0 Å². The zero-order chi connectivity index (χ0) is 26.9. The van der Waals surface area contributed by atoms with Gasteiger partial charge in [-0.1, -0.05) is 56.7 Å². The lowest BCUT2D eigenvalue weighted by atomic mass is 10.1. The predicted octanol–water partition coefficient (Wildman–Crippen LogP) is 4.38. The van der Waals surface area contributed by atoms with E-state index in [0.717, 1.165) is 36.5 Å². The molecule has 3 aromatic rings. The fourth-order valence-corrected chi connectivity index (χ4v) is 4.58. The van der Waals surface area contributed by atoms with Gasteiger partial charge in [0.15, 0.2) is 5.82 Å². The molecule has 38 heavy (non-hydrogen) atoms. The summed E-state index contributed by atoms with van der Waals surface area (Å²) >= 11 is 0. The average Bonchev–Trinajstić information content (AvgIpc) is 3.23. The molecule has 1 aliphatic rings. The third-order valence-electron chi connectivity index (χ3n) is 7.05. The molecule has 0 unspecified atom stereocenters. The standard InChI is InChI=1S/C30H37N5O3/c1-4-23(2)21-35(30(37)25-12-8-13-26(20-25)38-3)22-29(36)34-17-9-16-33(18-19-34)28-15-14-27(31-32-28)24-10-6-5-7-11-24/h5-8,10-15,20,23H,4,9,16-19,21-22H2,1-3H3/t23-/m0/s1. The van der Waals surface area contributed by atoms with Crippen molar-refractivity contribution in [2.24, 2.45) is 5.92 Å². The number of rotatable bonds is 9. The highest BCUT2D eigenvalue weighted by molar-refractivity contribution is 5.96. The number of carbonyl (C=O) groups is 2. The van der Waals surface area contributed by atoms with E-state index in [1.807, 2.05) is 53.4 Å². The van der Waals surface area contributed by atoms with E-state index in [9.17, 15) is 9.59 Å². The molecule has 0 aliphatic carbocycles. The van der Waals surface area contributed by atoms with Crippen LogP contribution in [0.3, 0.4) is 0 Å². The molecule has 2 heterocycles. The van der Waals surface area contributed by atoms with Crippen molar-refractivity contribution >= 4 is 17.6 Å². The van der Waals surface area contributed by atoms with Gasteiger partial charge in [-0.3, -0.25) is 9.59 Å². The van der Waals surface area contributed by atoms with Crippen molar-refractivity contribution in [3.05, 3.63) is 72.3 Å². The molecule has 2 amide bonds. The molecule has 4 rings (SSSR count). The summed E-state index contributed by atoms with van der Waals surface area (Å²) in [7, 11) is 1.58. The molecule has 0 bridgehead atoms. The summed E-state index contributed by atoms with van der Waals surface area (Å²) in [4.78, 5) is 32.5. The van der Waals surface area contributed by atoms with Gasteiger partial charge < -0.3 is 19.4 Å². The Morgan fingerprint density at radius 3 is 2.50 bits per heavy atom. The van der Waals surface area contributed by atoms with Crippen LogP contribution in [-0.4, -0.2) is 78.2 Å². The molecule has 1 saturated heterocycles. The van der Waals surface area contributed by atoms with Gasteiger partial charge in [-0.05, 0) is 42.7 Å². The second-order valence-electron chi connectivity index (χ2n) is 9.80. The van der Waals surface area contributed by atoms with Crippen LogP contribution in [-0.2, 0) is 4.79 Å². The van der Waals surface area contributed by atoms with Gasteiger partial charge in [-0.2, -0.15) is 0 Å². The van der Waals surface area contributed by atoms with E-state index in [2.05, 4.69) is 28.9 Å². The highest BCUT2D eigenvalue weighted by Crippen LogP contribution is 2.20. The first-order chi connectivity index (χ1) is 18.5. The van der Waals surface area contributed by atoms with Crippen LogP contribution in [0.1, 0.15) is 37.0 Å². The van der Waals surface area contributed by atoms with Crippen LogP contribution >= 0.6 is 0 Å². The first-order valence-electron chi connectivity index (χ1n) is 13.3. The minimum absolute atomic E-state index is 0.0306. The number of hydrogen-bond acceptors (Lipinski definition) is 6. The molecule has 0 spiro atoms. The van der Waals surface area contributed by atoms with E-state index in [-0.39, 0.29) is 24.3 Å². The number of methoxy groups -OCH3 is 1. The SMILES string of the molecule is CC[C@H](C)CN(CC(=O)N1CCCN(c2ccc(-c3ccccc3)nn2)CC1)C(=O)c1cccc(OC)c1. The quantitative estimate of drug-likeness (QED) is 0.421. The number of nitrogens with zero attached hydrogens (tertiary/aromatic N) is 5. The van der Waals surface area contributed by atoms with E-state index in [1.165, 1.54) is 0 Å². The Bertz CT molecular complexity index is 1200. The van der Waals surface area contributed by atoms with Crippen LogP contribution in [0.15, 0.2) is 66.7 Å². The minimum atomic E-state index is -0.150. The average molecular weight is 516 g/mol. The Hall–Kier alpha value is -3.94. The van der Waals surface area contributed by atoms with Crippen LogP contribution < -0.4 is 9.64 Å². The van der Waals surface area contributed by atoms with Gasteiger partial charge in [0.2, 0.25) is 5.91 Å². The largest absolute Gasteiger partial charge is 0.497 e. The zero-order valence-corrected chi connectivity index (χ0v) is 22.5. The maximum Gasteiger partial charge on any atom is 0.254 e. The fourth-order valence-electron chi connectivity index (χ4n) is 4.58. The molecule has 0 radical (unpaired) electrons. The summed E-state index contributed by atoms with van der Waals surface area (Å²) in [5.41, 5.74) is 2.40. The summed E-state index contributed by atoms with van der Waals surface area (Å²) in [5, 5.41) is 8.88. The molecule has 2 aromatic carbocycles. The first-order valence-corrected chi connectivity index (χ1v) is 13.3. The Balaban J connectivity index is 1.40. The van der Waals surface area contributed by atoms with Crippen molar-refractivity contribution in [1.29, 1.82) is 0 Å². The maximum absolute atomic E-state index is 13.4. The summed E-state index contributed by atoms with van der Waals surface area (Å²) in [6.07, 6.45) is 1.75. The highest BCUT2D eigenvalue weighted by Gasteiger charge is 2.26. The molecular weight excluding hydrogens is 478 g/mol. The van der Waals surface area contributed by atoms with Crippen LogP contribution in [0.5, 0.6) is 5.75 Å². The summed E-state index contributed by atoms with van der Waals surface area (Å²) < 4.78 is 5.29. The van der Waals surface area contributed by atoms with E-state index in [1.54, 1.807) is 30.2 Å². The molecule has 0 N–H and O–H groups in total. The van der Waals surface area contributed by atoms with E-state index in [4.69, 9.17) is 4.74 Å². The molecule has 1 atom stereocenters. The molecule has 0 saturated carbocycles. The first kappa shape index (κ1) is 27.1. The number of carbonyl (C=O) groups excluding carboxylic acids is 2. The van der Waals surface area contributed by atoms with Crippen molar-refractivity contribution in [3.63, 3.8) is 0 Å². The monoisotopic (exact) mass is 515 g/mol. The number of ether oxygens (including phenoxy) is 1. The summed E-state index contributed by atoms with van der Waals surface area (Å²) in [6, 6.07) is 21.1. The molecule has 8 heteroatoms. The van der Waals surface area contributed by atoms with E-state index >= 15 is 0 Å². The van der Waals surface area contributed by atoms with Crippen LogP contribution in [0.2, 0.25) is 0 Å². The van der Waals surface area contributed by atoms with Gasteiger partial charge in [0.25, 0.3) is 5.91 Å². The van der Waals surface area contributed by atoms with Crippen LogP contribution in [0, 0.1) is 5.92 Å². The number of benzene rings is 2. The highest BCUT2D eigenvalue weighted by atomic mass is 16.5. The van der Waals surface area contributed by atoms with Gasteiger partial charge in [0.05, 0.1) is 12.8 Å². The Labute approximate surface area is 225 Å². The summed E-state index contributed by atoms with van der Waals surface area (Å²) in [6.45, 7) is 7.47. The van der Waals surface area contributed by atoms with Crippen molar-refractivity contribution in [2.75, 3.05) is 51.3 Å². The fraction of sp³-hybridized carbons (Fsp3) is 0.400. The van der Waals surface area contributed by atoms with Crippen molar-refractivity contribution in [1.82, 2.24) is 20.0 Å². The van der Waals surface area contributed by atoms with Gasteiger partial charge in [-0.15, -0.1) is 10.2 Å². The second kappa shape index (κ2) is 13.0. The second-order valence-corrected chi connectivity index (χ2v) is 9.80. The lowest BCUT2D eigenvalue weighted by Crippen LogP contribution is -2.45. The Morgan fingerprint density at radius 1 is 0.974 bits per heavy atom.